The Kier molecular flexibility index (Phi) is 11.4. The molecule has 0 aromatic rings. The van der Waals surface area contributed by atoms with Gasteiger partial charge < -0.3 is 5.32 Å². The molecule has 0 aliphatic carbocycles. The monoisotopic (exact) mass is 273 g/mol. The lowest BCUT2D eigenvalue weighted by Gasteiger charge is -2.08. The summed E-state index contributed by atoms with van der Waals surface area (Å²) in [5.41, 5.74) is 0. The van der Waals surface area contributed by atoms with Gasteiger partial charge in [0.25, 0.3) is 0 Å². The molecule has 106 valence electrons. The summed E-state index contributed by atoms with van der Waals surface area (Å²) >= 11 is 4.98. The Morgan fingerprint density at radius 3 is 2.44 bits per heavy atom. The summed E-state index contributed by atoms with van der Waals surface area (Å²) in [7, 11) is 0. The molecular weight excluding hydrogens is 245 g/mol. The molecule has 0 aliphatic heterocycles. The number of allylic oxidation sites excluding steroid dienone is 1. The second-order valence-electron chi connectivity index (χ2n) is 4.95. The molecule has 1 atom stereocenters. The van der Waals surface area contributed by atoms with Crippen LogP contribution in [0.15, 0.2) is 11.9 Å². The zero-order chi connectivity index (χ0) is 13.8. The van der Waals surface area contributed by atoms with Crippen molar-refractivity contribution < 1.29 is 4.39 Å². The summed E-state index contributed by atoms with van der Waals surface area (Å²) in [4.78, 5) is 0.259. The van der Waals surface area contributed by atoms with Crippen molar-refractivity contribution in [2.45, 2.75) is 65.7 Å². The van der Waals surface area contributed by atoms with Crippen LogP contribution in [-0.4, -0.2) is 11.5 Å². The molecule has 18 heavy (non-hydrogen) atoms. The lowest BCUT2D eigenvalue weighted by Crippen LogP contribution is -2.22. The lowest BCUT2D eigenvalue weighted by atomic mass is 10.0. The van der Waals surface area contributed by atoms with E-state index >= 15 is 0 Å². The number of hydrogen-bond donors (Lipinski definition) is 1. The van der Waals surface area contributed by atoms with Crippen LogP contribution in [0.1, 0.15) is 65.7 Å². The Morgan fingerprint density at radius 1 is 1.17 bits per heavy atom. The van der Waals surface area contributed by atoms with E-state index in [9.17, 15) is 4.39 Å². The molecule has 1 unspecified atom stereocenters. The second-order valence-corrected chi connectivity index (χ2v) is 5.36. The normalized spacial score (nSPS) is 13.4. The van der Waals surface area contributed by atoms with Gasteiger partial charge in [-0.25, -0.2) is 4.39 Å². The molecule has 0 radical (unpaired) electrons. The molecule has 0 bridgehead atoms. The Hall–Kier alpha value is -0.440. The molecule has 0 spiro atoms. The molecule has 0 aliphatic rings. The third-order valence-corrected chi connectivity index (χ3v) is 3.29. The highest BCUT2D eigenvalue weighted by Crippen LogP contribution is 2.15. The van der Waals surface area contributed by atoms with Crippen LogP contribution >= 0.6 is 12.2 Å². The van der Waals surface area contributed by atoms with E-state index in [0.717, 1.165) is 19.4 Å². The minimum Gasteiger partial charge on any atom is -0.374 e. The van der Waals surface area contributed by atoms with Crippen molar-refractivity contribution in [3.05, 3.63) is 11.9 Å². The minimum atomic E-state index is -0.264. The van der Waals surface area contributed by atoms with Crippen LogP contribution in [0.3, 0.4) is 0 Å². The van der Waals surface area contributed by atoms with Gasteiger partial charge in [0, 0.05) is 6.54 Å². The van der Waals surface area contributed by atoms with Gasteiger partial charge in [-0.15, -0.1) is 0 Å². The van der Waals surface area contributed by atoms with Gasteiger partial charge >= 0.3 is 0 Å². The average Bonchev–Trinajstić information content (AvgIpc) is 2.35. The molecule has 0 fully saturated rings. The third-order valence-electron chi connectivity index (χ3n) is 2.95. The maximum absolute atomic E-state index is 13.7. The molecule has 0 saturated heterocycles. The van der Waals surface area contributed by atoms with Crippen LogP contribution < -0.4 is 5.32 Å². The largest absolute Gasteiger partial charge is 0.374 e. The summed E-state index contributed by atoms with van der Waals surface area (Å²) in [6, 6.07) is 0. The standard InChI is InChI=1S/C15H28FNS/c1-4-6-7-8-9-10-13(3)12-14(16)15(18)17-11-5-2/h12-13H,4-11H2,1-3H3,(H,17,18)/b14-12+. The zero-order valence-corrected chi connectivity index (χ0v) is 12.9. The number of hydrogen-bond acceptors (Lipinski definition) is 1. The van der Waals surface area contributed by atoms with Crippen LogP contribution in [0.5, 0.6) is 0 Å². The predicted octanol–water partition coefficient (Wildman–Crippen LogP) is 5.16. The Morgan fingerprint density at radius 2 is 1.83 bits per heavy atom. The van der Waals surface area contributed by atoms with E-state index in [1.165, 1.54) is 32.1 Å². The lowest BCUT2D eigenvalue weighted by molar-refractivity contribution is 0.540. The van der Waals surface area contributed by atoms with E-state index in [1.807, 2.05) is 6.92 Å². The SMILES string of the molecule is CCCCCCCC(C)/C=C(/F)C(=S)NCCC. The molecule has 0 aromatic carbocycles. The van der Waals surface area contributed by atoms with Crippen molar-refractivity contribution in [3.63, 3.8) is 0 Å². The highest BCUT2D eigenvalue weighted by molar-refractivity contribution is 7.80. The third kappa shape index (κ3) is 9.58. The van der Waals surface area contributed by atoms with Crippen molar-refractivity contribution in [1.82, 2.24) is 5.32 Å². The molecule has 0 rings (SSSR count). The van der Waals surface area contributed by atoms with Crippen molar-refractivity contribution in [2.75, 3.05) is 6.54 Å². The van der Waals surface area contributed by atoms with E-state index in [4.69, 9.17) is 12.2 Å². The van der Waals surface area contributed by atoms with Crippen molar-refractivity contribution >= 4 is 17.2 Å². The van der Waals surface area contributed by atoms with E-state index in [2.05, 4.69) is 19.2 Å². The number of nitrogens with one attached hydrogen (secondary N) is 1. The van der Waals surface area contributed by atoms with E-state index in [1.54, 1.807) is 6.08 Å². The first-order chi connectivity index (χ1) is 8.61. The molecule has 0 heterocycles. The van der Waals surface area contributed by atoms with Crippen LogP contribution in [0.25, 0.3) is 0 Å². The zero-order valence-electron chi connectivity index (χ0n) is 12.1. The summed E-state index contributed by atoms with van der Waals surface area (Å²) in [5, 5.41) is 2.91. The maximum atomic E-state index is 13.7. The Labute approximate surface area is 117 Å². The van der Waals surface area contributed by atoms with Gasteiger partial charge in [0.05, 0.1) is 0 Å². The fraction of sp³-hybridized carbons (Fsp3) is 0.800. The van der Waals surface area contributed by atoms with E-state index in [-0.39, 0.29) is 16.7 Å². The van der Waals surface area contributed by atoms with Gasteiger partial charge in [0.2, 0.25) is 0 Å². The number of thiocarbonyl (C=S) groups is 1. The molecule has 0 saturated carbocycles. The molecule has 1 nitrogen and oxygen atoms in total. The van der Waals surface area contributed by atoms with E-state index < -0.39 is 0 Å². The summed E-state index contributed by atoms with van der Waals surface area (Å²) in [6.07, 6.45) is 9.97. The fourth-order valence-corrected chi connectivity index (χ4v) is 1.97. The first-order valence-corrected chi connectivity index (χ1v) is 7.68. The van der Waals surface area contributed by atoms with Gasteiger partial charge in [-0.05, 0) is 24.8 Å². The van der Waals surface area contributed by atoms with Crippen molar-refractivity contribution in [1.29, 1.82) is 0 Å². The average molecular weight is 273 g/mol. The first-order valence-electron chi connectivity index (χ1n) is 7.27. The molecule has 0 amide bonds. The van der Waals surface area contributed by atoms with Gasteiger partial charge in [0.1, 0.15) is 4.99 Å². The van der Waals surface area contributed by atoms with Gasteiger partial charge in [0.15, 0.2) is 5.83 Å². The molecule has 1 N–H and O–H groups in total. The topological polar surface area (TPSA) is 12.0 Å². The van der Waals surface area contributed by atoms with Gasteiger partial charge in [-0.2, -0.15) is 0 Å². The van der Waals surface area contributed by atoms with Crippen molar-refractivity contribution in [2.24, 2.45) is 5.92 Å². The molecule has 3 heteroatoms. The van der Waals surface area contributed by atoms with E-state index in [0.29, 0.717) is 0 Å². The van der Waals surface area contributed by atoms with Crippen LogP contribution in [0.2, 0.25) is 0 Å². The fourth-order valence-electron chi connectivity index (χ4n) is 1.80. The predicted molar refractivity (Wildman–Crippen MR) is 82.6 cm³/mol. The number of unbranched alkanes of at least 4 members (excludes halogenated alkanes) is 4. The van der Waals surface area contributed by atoms with Crippen LogP contribution in [-0.2, 0) is 0 Å². The van der Waals surface area contributed by atoms with Crippen molar-refractivity contribution in [3.8, 4) is 0 Å². The van der Waals surface area contributed by atoms with Crippen LogP contribution in [0.4, 0.5) is 4.39 Å². The smallest absolute Gasteiger partial charge is 0.153 e. The highest BCUT2D eigenvalue weighted by atomic mass is 32.1. The summed E-state index contributed by atoms with van der Waals surface area (Å²) in [5.74, 6) is 0.00695. The quantitative estimate of drug-likeness (QED) is 0.335. The highest BCUT2D eigenvalue weighted by Gasteiger charge is 2.06. The molecular formula is C15H28FNS. The van der Waals surface area contributed by atoms with Gasteiger partial charge in [-0.1, -0.05) is 65.1 Å². The molecule has 0 aromatic heterocycles. The number of halogens is 1. The number of rotatable bonds is 10. The minimum absolute atomic E-state index is 0.259. The first kappa shape index (κ1) is 17.6. The Balaban J connectivity index is 3.81. The van der Waals surface area contributed by atoms with Crippen LogP contribution in [0, 0.1) is 5.92 Å². The maximum Gasteiger partial charge on any atom is 0.153 e. The second kappa shape index (κ2) is 11.6. The summed E-state index contributed by atoms with van der Waals surface area (Å²) < 4.78 is 13.7. The summed E-state index contributed by atoms with van der Waals surface area (Å²) in [6.45, 7) is 7.05. The Bertz CT molecular complexity index is 251. The van der Waals surface area contributed by atoms with Gasteiger partial charge in [-0.3, -0.25) is 0 Å².